The minimum absolute atomic E-state index is 0.354. The molecule has 0 amide bonds. The molecule has 0 aromatic heterocycles. The van der Waals surface area contributed by atoms with Crippen LogP contribution >= 0.6 is 0 Å². The Balaban J connectivity index is 0. The second-order valence-corrected chi connectivity index (χ2v) is 3.97. The molecule has 0 heterocycles. The molecule has 52 valence electrons. The number of carbonyl (C=O) groups is 3. The van der Waals surface area contributed by atoms with Crippen LogP contribution in [0.2, 0.25) is 0 Å². The monoisotopic (exact) mass is 170 g/mol. The van der Waals surface area contributed by atoms with Crippen molar-refractivity contribution in [2.24, 2.45) is 0 Å². The van der Waals surface area contributed by atoms with Gasteiger partial charge in [0.1, 0.15) is 0 Å². The number of rotatable bonds is 1. The van der Waals surface area contributed by atoms with E-state index in [4.69, 9.17) is 5.11 Å². The third-order valence-corrected chi connectivity index (χ3v) is 0.301. The van der Waals surface area contributed by atoms with Crippen LogP contribution < -0.4 is 0 Å². The molecule has 0 saturated carbocycles. The summed E-state index contributed by atoms with van der Waals surface area (Å²) in [6.07, 6.45) is 0. The second kappa shape index (κ2) is 7.55. The molecule has 0 aromatic rings. The van der Waals surface area contributed by atoms with Crippen LogP contribution in [0.3, 0.4) is 0 Å². The van der Waals surface area contributed by atoms with E-state index in [9.17, 15) is 14.4 Å². The van der Waals surface area contributed by atoms with Gasteiger partial charge in [-0.3, -0.25) is 4.79 Å². The van der Waals surface area contributed by atoms with Gasteiger partial charge in [0, 0.05) is 6.92 Å². The van der Waals surface area contributed by atoms with Crippen molar-refractivity contribution in [2.45, 2.75) is 13.8 Å². The number of Topliss-reactive ketones (excluding diaryl/α,β-unsaturated/α-hetero) is 1. The standard InChI is InChI=1S/C3H4O3.C2H3O.K/c1-2(4)3(5)6;1-2-3;/h1H3,(H,5,6);1H3;. The molecule has 0 saturated heterocycles. The Morgan fingerprint density at radius 2 is 1.30 bits per heavy atom. The summed E-state index contributed by atoms with van der Waals surface area (Å²) >= 11 is 0.424. The van der Waals surface area contributed by atoms with Crippen molar-refractivity contribution in [1.82, 2.24) is 0 Å². The van der Waals surface area contributed by atoms with Gasteiger partial charge in [0.15, 0.2) is 0 Å². The van der Waals surface area contributed by atoms with E-state index in [1.807, 2.05) is 0 Å². The molecule has 4 nitrogen and oxygen atoms in total. The van der Waals surface area contributed by atoms with Crippen molar-refractivity contribution in [2.75, 3.05) is 0 Å². The molecule has 5 heteroatoms. The summed E-state index contributed by atoms with van der Waals surface area (Å²) in [5.74, 6) is -2.20. The van der Waals surface area contributed by atoms with Crippen LogP contribution in [0.4, 0.5) is 0 Å². The van der Waals surface area contributed by atoms with Crippen LogP contribution in [0.25, 0.3) is 0 Å². The molecule has 0 unspecified atom stereocenters. The van der Waals surface area contributed by atoms with E-state index < -0.39 is 11.8 Å². The zero-order valence-corrected chi connectivity index (χ0v) is 9.30. The second-order valence-electron chi connectivity index (χ2n) is 1.77. The van der Waals surface area contributed by atoms with E-state index in [0.29, 0.717) is 48.8 Å². The fourth-order valence-electron chi connectivity index (χ4n) is 0. The van der Waals surface area contributed by atoms with Gasteiger partial charge in [0.05, 0.1) is 0 Å². The quantitative estimate of drug-likeness (QED) is 0.420. The maximum atomic E-state index is 9.54. The summed E-state index contributed by atoms with van der Waals surface area (Å²) in [6.45, 7) is 2.61. The first-order valence-electron chi connectivity index (χ1n) is 2.59. The molecule has 0 aliphatic heterocycles. The summed E-state index contributed by atoms with van der Waals surface area (Å²) in [7, 11) is 0. The van der Waals surface area contributed by atoms with Crippen molar-refractivity contribution in [3.63, 3.8) is 0 Å². The van der Waals surface area contributed by atoms with Gasteiger partial charge in [-0.1, -0.05) is 0 Å². The van der Waals surface area contributed by atoms with Gasteiger partial charge >= 0.3 is 66.5 Å². The Morgan fingerprint density at radius 1 is 1.20 bits per heavy atom. The van der Waals surface area contributed by atoms with Crippen molar-refractivity contribution >= 4 is 60.6 Å². The van der Waals surface area contributed by atoms with Gasteiger partial charge in [0.25, 0.3) is 0 Å². The Kier molecular flexibility index (Phi) is 9.87. The topological polar surface area (TPSA) is 71.4 Å². The van der Waals surface area contributed by atoms with Crippen molar-refractivity contribution in [3.8, 4) is 0 Å². The summed E-state index contributed by atoms with van der Waals surface area (Å²) in [5, 5.41) is 7.64. The average Bonchev–Trinajstić information content (AvgIpc) is 1.63. The van der Waals surface area contributed by atoms with Crippen LogP contribution in [0, 0.1) is 0 Å². The van der Waals surface area contributed by atoms with Gasteiger partial charge in [-0.2, -0.15) is 0 Å². The van der Waals surface area contributed by atoms with Crippen LogP contribution in [0.15, 0.2) is 0 Å². The molecule has 0 radical (unpaired) electrons. The molecule has 1 N–H and O–H groups in total. The molecule has 0 spiro atoms. The summed E-state index contributed by atoms with van der Waals surface area (Å²) in [6, 6.07) is 0. The number of ketones is 1. The molecule has 0 fully saturated rings. The third kappa shape index (κ3) is 23.7. The summed E-state index contributed by atoms with van der Waals surface area (Å²) in [5.41, 5.74) is 0. The van der Waals surface area contributed by atoms with Crippen LogP contribution in [0.1, 0.15) is 13.8 Å². The van der Waals surface area contributed by atoms with Crippen LogP contribution in [-0.2, 0) is 14.4 Å². The number of hydrogen-bond acceptors (Lipinski definition) is 3. The summed E-state index contributed by atoms with van der Waals surface area (Å²) < 4.78 is 0.354. The van der Waals surface area contributed by atoms with E-state index in [2.05, 4.69) is 0 Å². The first kappa shape index (κ1) is 13.1. The predicted molar refractivity (Wildman–Crippen MR) is 34.8 cm³/mol. The zero-order chi connectivity index (χ0) is 8.73. The SMILES string of the molecule is CC(=O)C(=O)O.C[C](=O)[K]. The Labute approximate surface area is 92.6 Å². The molecular weight excluding hydrogens is 163 g/mol. The number of carboxylic acids is 1. The zero-order valence-electron chi connectivity index (χ0n) is 6.17. The van der Waals surface area contributed by atoms with E-state index in [1.54, 1.807) is 6.92 Å². The van der Waals surface area contributed by atoms with E-state index in [1.165, 1.54) is 0 Å². The van der Waals surface area contributed by atoms with Gasteiger partial charge in [-0.05, 0) is 0 Å². The minimum atomic E-state index is -1.38. The van der Waals surface area contributed by atoms with Gasteiger partial charge in [0.2, 0.25) is 5.78 Å². The van der Waals surface area contributed by atoms with Crippen molar-refractivity contribution in [3.05, 3.63) is 0 Å². The van der Waals surface area contributed by atoms with Crippen LogP contribution in [-0.4, -0.2) is 65.7 Å². The van der Waals surface area contributed by atoms with E-state index in [-0.39, 0.29) is 0 Å². The van der Waals surface area contributed by atoms with E-state index >= 15 is 0 Å². The third-order valence-electron chi connectivity index (χ3n) is 0.301. The molecular formula is C5H7KO4. The number of aliphatic carboxylic acids is 1. The van der Waals surface area contributed by atoms with Gasteiger partial charge in [-0.25, -0.2) is 4.79 Å². The number of carbonyl (C=O) groups excluding carboxylic acids is 2. The normalized spacial score (nSPS) is 7.20. The van der Waals surface area contributed by atoms with Gasteiger partial charge in [-0.15, -0.1) is 0 Å². The summed E-state index contributed by atoms with van der Waals surface area (Å²) in [4.78, 5) is 28.4. The fourth-order valence-corrected chi connectivity index (χ4v) is 0. The van der Waals surface area contributed by atoms with Crippen molar-refractivity contribution < 1.29 is 19.5 Å². The molecule has 10 heavy (non-hydrogen) atoms. The van der Waals surface area contributed by atoms with Crippen molar-refractivity contribution in [1.29, 1.82) is 0 Å². The van der Waals surface area contributed by atoms with Gasteiger partial charge < -0.3 is 5.11 Å². The van der Waals surface area contributed by atoms with E-state index in [0.717, 1.165) is 6.92 Å². The molecule has 0 rings (SSSR count). The molecule has 0 atom stereocenters. The predicted octanol–water partition coefficient (Wildman–Crippen LogP) is -0.639. The molecule has 0 bridgehead atoms. The molecule has 0 aliphatic rings. The molecule has 0 aliphatic carbocycles. The Morgan fingerprint density at radius 3 is 1.30 bits per heavy atom. The van der Waals surface area contributed by atoms with Crippen LogP contribution in [0.5, 0.6) is 0 Å². The maximum absolute atomic E-state index is 9.54. The fraction of sp³-hybridized carbons (Fsp3) is 0.400. The Bertz CT molecular complexity index is 136. The Hall–Kier alpha value is 0.446. The first-order chi connectivity index (χ1) is 4.37. The average molecular weight is 170 g/mol. The first-order valence-corrected chi connectivity index (χ1v) is 4.15. The molecule has 0 aromatic carbocycles. The number of hydrogen-bond donors (Lipinski definition) is 1. The number of carboxylic acid groups (broad SMARTS) is 1.